The maximum absolute atomic E-state index is 11.3. The predicted octanol–water partition coefficient (Wildman–Crippen LogP) is 1.86. The molecule has 0 aliphatic rings. The van der Waals surface area contributed by atoms with E-state index >= 15 is 0 Å². The minimum absolute atomic E-state index is 0.205. The fraction of sp³-hybridized carbons (Fsp3) is 0.100. The highest BCUT2D eigenvalue weighted by molar-refractivity contribution is 7.99. The maximum atomic E-state index is 11.3. The monoisotopic (exact) mass is 268 g/mol. The number of nitrogens with one attached hydrogen (secondary N) is 1. The topological polar surface area (TPSA) is 84.7 Å². The van der Waals surface area contributed by atoms with Crippen LogP contribution in [0.1, 0.15) is 5.69 Å². The third kappa shape index (κ3) is 2.78. The Morgan fingerprint density at radius 1 is 1.47 bits per heavy atom. The first-order valence-corrected chi connectivity index (χ1v) is 5.90. The van der Waals surface area contributed by atoms with Crippen LogP contribution in [0.2, 0.25) is 5.02 Å². The highest BCUT2D eigenvalue weighted by atomic mass is 35.5. The second-order valence-corrected chi connectivity index (χ2v) is 4.74. The Kier molecular flexibility index (Phi) is 3.35. The highest BCUT2D eigenvalue weighted by Gasteiger charge is 2.09. The summed E-state index contributed by atoms with van der Waals surface area (Å²) < 4.78 is 0. The molecule has 0 amide bonds. The number of anilines is 1. The van der Waals surface area contributed by atoms with Crippen molar-refractivity contribution in [3.63, 3.8) is 0 Å². The molecule has 17 heavy (non-hydrogen) atoms. The van der Waals surface area contributed by atoms with Gasteiger partial charge in [-0.05, 0) is 18.7 Å². The van der Waals surface area contributed by atoms with Crippen molar-refractivity contribution in [2.75, 3.05) is 5.73 Å². The number of aromatic amines is 1. The number of aromatic nitrogens is 3. The summed E-state index contributed by atoms with van der Waals surface area (Å²) in [5, 5.41) is 0.883. The lowest BCUT2D eigenvalue weighted by Crippen LogP contribution is -2.08. The van der Waals surface area contributed by atoms with Gasteiger partial charge in [0.1, 0.15) is 0 Å². The fourth-order valence-electron chi connectivity index (χ4n) is 1.24. The molecule has 3 N–H and O–H groups in total. The molecule has 0 saturated carbocycles. The number of halogens is 1. The van der Waals surface area contributed by atoms with Gasteiger partial charge in [-0.25, -0.2) is 4.98 Å². The van der Waals surface area contributed by atoms with Crippen molar-refractivity contribution in [2.24, 2.45) is 0 Å². The molecule has 0 fully saturated rings. The first-order chi connectivity index (χ1) is 8.06. The summed E-state index contributed by atoms with van der Waals surface area (Å²) in [7, 11) is 0. The van der Waals surface area contributed by atoms with E-state index in [1.54, 1.807) is 6.92 Å². The third-order valence-electron chi connectivity index (χ3n) is 1.93. The molecule has 0 radical (unpaired) electrons. The van der Waals surface area contributed by atoms with Crippen molar-refractivity contribution in [1.29, 1.82) is 0 Å². The number of nitrogens with two attached hydrogens (primary N) is 1. The molecule has 0 aliphatic carbocycles. The molecule has 0 spiro atoms. The number of aryl methyl sites for hydroxylation is 1. The highest BCUT2D eigenvalue weighted by Crippen LogP contribution is 2.34. The van der Waals surface area contributed by atoms with Crippen LogP contribution in [-0.4, -0.2) is 15.0 Å². The number of nitrogens with zero attached hydrogens (tertiary/aromatic N) is 2. The smallest absolute Gasteiger partial charge is 0.251 e. The average Bonchev–Trinajstić information content (AvgIpc) is 2.22. The van der Waals surface area contributed by atoms with E-state index in [0.717, 1.165) is 0 Å². The van der Waals surface area contributed by atoms with Crippen molar-refractivity contribution < 1.29 is 0 Å². The molecule has 2 aromatic heterocycles. The minimum atomic E-state index is -0.205. The maximum Gasteiger partial charge on any atom is 0.251 e. The molecule has 2 rings (SSSR count). The summed E-state index contributed by atoms with van der Waals surface area (Å²) in [5.41, 5.74) is 6.64. The molecule has 5 nitrogen and oxygen atoms in total. The number of hydrogen-bond donors (Lipinski definition) is 2. The predicted molar refractivity (Wildman–Crippen MR) is 67.4 cm³/mol. The van der Waals surface area contributed by atoms with Crippen LogP contribution >= 0.6 is 23.4 Å². The van der Waals surface area contributed by atoms with Gasteiger partial charge in [-0.3, -0.25) is 9.78 Å². The summed E-state index contributed by atoms with van der Waals surface area (Å²) in [6.07, 6.45) is 3.00. The SMILES string of the molecule is Cc1cc(=O)[nH]c(Sc2c(N)cncc2Cl)n1. The quantitative estimate of drug-likeness (QED) is 0.812. The Balaban J connectivity index is 2.41. The van der Waals surface area contributed by atoms with E-state index in [9.17, 15) is 4.79 Å². The number of H-pyrrole nitrogens is 1. The second kappa shape index (κ2) is 4.77. The number of hydrogen-bond acceptors (Lipinski definition) is 5. The standard InChI is InChI=1S/C10H9ClN4OS/c1-5-2-8(16)15-10(14-5)17-9-6(11)3-13-4-7(9)12/h2-4H,12H2,1H3,(H,14,15,16). The van der Waals surface area contributed by atoms with E-state index in [-0.39, 0.29) is 5.56 Å². The summed E-state index contributed by atoms with van der Waals surface area (Å²) in [5.74, 6) is 0. The molecule has 0 aliphatic heterocycles. The minimum Gasteiger partial charge on any atom is -0.397 e. The Hall–Kier alpha value is -1.53. The molecule has 0 bridgehead atoms. The van der Waals surface area contributed by atoms with Gasteiger partial charge in [0, 0.05) is 18.0 Å². The van der Waals surface area contributed by atoms with Gasteiger partial charge in [-0.1, -0.05) is 11.6 Å². The lowest BCUT2D eigenvalue weighted by atomic mass is 10.4. The van der Waals surface area contributed by atoms with Gasteiger partial charge in [0.25, 0.3) is 5.56 Å². The van der Waals surface area contributed by atoms with Crippen LogP contribution in [0.4, 0.5) is 5.69 Å². The molecule has 0 unspecified atom stereocenters. The summed E-state index contributed by atoms with van der Waals surface area (Å²) >= 11 is 7.18. The molecule has 2 aromatic rings. The normalized spacial score (nSPS) is 10.5. The molecule has 2 heterocycles. The molecule has 7 heteroatoms. The van der Waals surface area contributed by atoms with Gasteiger partial charge in [-0.2, -0.15) is 0 Å². The molecule has 0 saturated heterocycles. The molecule has 88 valence electrons. The van der Waals surface area contributed by atoms with E-state index in [2.05, 4.69) is 15.0 Å². The summed E-state index contributed by atoms with van der Waals surface area (Å²) in [6, 6.07) is 1.42. The van der Waals surface area contributed by atoms with Gasteiger partial charge in [0.2, 0.25) is 0 Å². The van der Waals surface area contributed by atoms with Crippen LogP contribution < -0.4 is 11.3 Å². The zero-order valence-electron chi connectivity index (χ0n) is 8.90. The van der Waals surface area contributed by atoms with E-state index < -0.39 is 0 Å². The van der Waals surface area contributed by atoms with Crippen LogP contribution in [0.25, 0.3) is 0 Å². The summed E-state index contributed by atoms with van der Waals surface area (Å²) in [4.78, 5) is 22.6. The van der Waals surface area contributed by atoms with Gasteiger partial charge < -0.3 is 10.7 Å². The molecule has 0 aromatic carbocycles. The molecular weight excluding hydrogens is 260 g/mol. The lowest BCUT2D eigenvalue weighted by Gasteiger charge is -2.06. The van der Waals surface area contributed by atoms with Crippen LogP contribution in [0, 0.1) is 6.92 Å². The Labute approximate surface area is 106 Å². The van der Waals surface area contributed by atoms with Crippen molar-refractivity contribution in [2.45, 2.75) is 17.0 Å². The van der Waals surface area contributed by atoms with E-state index in [1.807, 2.05) is 0 Å². The zero-order valence-corrected chi connectivity index (χ0v) is 10.5. The van der Waals surface area contributed by atoms with Crippen LogP contribution in [0.15, 0.2) is 33.3 Å². The van der Waals surface area contributed by atoms with E-state index in [0.29, 0.717) is 26.5 Å². The Morgan fingerprint density at radius 2 is 2.24 bits per heavy atom. The van der Waals surface area contributed by atoms with Crippen molar-refractivity contribution >= 4 is 29.1 Å². The van der Waals surface area contributed by atoms with Gasteiger partial charge in [0.15, 0.2) is 5.16 Å². The zero-order chi connectivity index (χ0) is 12.4. The van der Waals surface area contributed by atoms with E-state index in [4.69, 9.17) is 17.3 Å². The van der Waals surface area contributed by atoms with Gasteiger partial charge in [0.05, 0.1) is 21.8 Å². The van der Waals surface area contributed by atoms with Crippen molar-refractivity contribution in [3.8, 4) is 0 Å². The number of pyridine rings is 1. The number of rotatable bonds is 2. The van der Waals surface area contributed by atoms with Gasteiger partial charge in [-0.15, -0.1) is 0 Å². The van der Waals surface area contributed by atoms with E-state index in [1.165, 1.54) is 30.2 Å². The molecule has 0 atom stereocenters. The van der Waals surface area contributed by atoms with Gasteiger partial charge >= 0.3 is 0 Å². The lowest BCUT2D eigenvalue weighted by molar-refractivity contribution is 0.905. The number of nitrogen functional groups attached to an aromatic ring is 1. The third-order valence-corrected chi connectivity index (χ3v) is 3.37. The average molecular weight is 269 g/mol. The van der Waals surface area contributed by atoms with Crippen LogP contribution in [0.5, 0.6) is 0 Å². The van der Waals surface area contributed by atoms with Crippen LogP contribution in [0.3, 0.4) is 0 Å². The molecular formula is C10H9ClN4OS. The summed E-state index contributed by atoms with van der Waals surface area (Å²) in [6.45, 7) is 1.75. The first-order valence-electron chi connectivity index (χ1n) is 4.71. The Morgan fingerprint density at radius 3 is 2.88 bits per heavy atom. The largest absolute Gasteiger partial charge is 0.397 e. The van der Waals surface area contributed by atoms with Crippen molar-refractivity contribution in [3.05, 3.63) is 39.5 Å². The van der Waals surface area contributed by atoms with Crippen LogP contribution in [-0.2, 0) is 0 Å². The Bertz CT molecular complexity index is 593. The fourth-order valence-corrected chi connectivity index (χ4v) is 2.38. The second-order valence-electron chi connectivity index (χ2n) is 3.33. The van der Waals surface area contributed by atoms with Crippen molar-refractivity contribution in [1.82, 2.24) is 15.0 Å². The first kappa shape index (κ1) is 11.9.